The van der Waals surface area contributed by atoms with Crippen LogP contribution in [0.25, 0.3) is 10.2 Å². The summed E-state index contributed by atoms with van der Waals surface area (Å²) in [6.45, 7) is 6.03. The number of benzene rings is 1. The number of carbonyl (C=O) groups is 1. The molecule has 0 saturated heterocycles. The molecule has 3 heterocycles. The minimum absolute atomic E-state index is 0.268. The molecule has 30 heavy (non-hydrogen) atoms. The molecule has 1 aliphatic rings. The Morgan fingerprint density at radius 1 is 1.27 bits per heavy atom. The molecule has 1 aromatic carbocycles. The van der Waals surface area contributed by atoms with Crippen LogP contribution in [0.15, 0.2) is 30.3 Å². The standard InChI is InChI=1S/C21H21F3N4OS/c1-11(2)28-8-7-16-12(10-28)9-15-17(25)18(30-20(15)27-16)19(29)26-14-5-3-13(4-6-14)21(22,23)24/h3-6,9,11H,7-8,10,25H2,1-2H3,(H,26,29). The van der Waals surface area contributed by atoms with E-state index in [0.717, 1.165) is 48.3 Å². The molecule has 0 unspecified atom stereocenters. The number of amides is 1. The lowest BCUT2D eigenvalue weighted by Gasteiger charge is -2.31. The van der Waals surface area contributed by atoms with Crippen molar-refractivity contribution in [1.29, 1.82) is 0 Å². The fourth-order valence-electron chi connectivity index (χ4n) is 3.56. The minimum atomic E-state index is -4.42. The molecule has 0 saturated carbocycles. The van der Waals surface area contributed by atoms with Crippen molar-refractivity contribution >= 4 is 38.8 Å². The number of thiophene rings is 1. The van der Waals surface area contributed by atoms with E-state index in [1.807, 2.05) is 6.07 Å². The third-order valence-corrected chi connectivity index (χ3v) is 6.42. The van der Waals surface area contributed by atoms with E-state index < -0.39 is 17.6 Å². The summed E-state index contributed by atoms with van der Waals surface area (Å²) >= 11 is 1.20. The predicted octanol–water partition coefficient (Wildman–Crippen LogP) is 4.92. The summed E-state index contributed by atoms with van der Waals surface area (Å²) in [7, 11) is 0. The maximum Gasteiger partial charge on any atom is 0.416 e. The van der Waals surface area contributed by atoms with Crippen LogP contribution in [-0.2, 0) is 19.1 Å². The van der Waals surface area contributed by atoms with Gasteiger partial charge in [-0.05, 0) is 49.7 Å². The Hall–Kier alpha value is -2.65. The summed E-state index contributed by atoms with van der Waals surface area (Å²) < 4.78 is 38.1. The fourth-order valence-corrected chi connectivity index (χ4v) is 4.55. The summed E-state index contributed by atoms with van der Waals surface area (Å²) in [4.78, 5) is 20.8. The Bertz CT molecular complexity index is 1110. The van der Waals surface area contributed by atoms with Gasteiger partial charge in [-0.1, -0.05) is 0 Å². The van der Waals surface area contributed by atoms with E-state index in [0.29, 0.717) is 21.4 Å². The second-order valence-electron chi connectivity index (χ2n) is 7.64. The van der Waals surface area contributed by atoms with Crippen LogP contribution in [0.5, 0.6) is 0 Å². The number of nitrogen functional groups attached to an aromatic ring is 1. The quantitative estimate of drug-likeness (QED) is 0.614. The van der Waals surface area contributed by atoms with Crippen LogP contribution in [-0.4, -0.2) is 28.4 Å². The SMILES string of the molecule is CC(C)N1CCc2nc3sc(C(=O)Nc4ccc(C(F)(F)F)cc4)c(N)c3cc2C1. The number of hydrogen-bond acceptors (Lipinski definition) is 5. The molecule has 5 nitrogen and oxygen atoms in total. The zero-order valence-corrected chi connectivity index (χ0v) is 17.3. The molecular formula is C21H21F3N4OS. The number of alkyl halides is 3. The Labute approximate surface area is 175 Å². The van der Waals surface area contributed by atoms with Gasteiger partial charge in [-0.25, -0.2) is 4.98 Å². The number of nitrogens with two attached hydrogens (primary N) is 1. The smallest absolute Gasteiger partial charge is 0.397 e. The van der Waals surface area contributed by atoms with Gasteiger partial charge in [-0.15, -0.1) is 11.3 Å². The monoisotopic (exact) mass is 434 g/mol. The molecule has 0 bridgehead atoms. The van der Waals surface area contributed by atoms with Gasteiger partial charge >= 0.3 is 6.18 Å². The zero-order valence-electron chi connectivity index (χ0n) is 16.5. The maximum atomic E-state index is 12.7. The molecule has 0 fully saturated rings. The van der Waals surface area contributed by atoms with Crippen LogP contribution in [0.4, 0.5) is 24.5 Å². The third-order valence-electron chi connectivity index (χ3n) is 5.31. The van der Waals surface area contributed by atoms with Gasteiger partial charge in [0.05, 0.1) is 11.3 Å². The number of anilines is 2. The van der Waals surface area contributed by atoms with Gasteiger partial charge in [0.2, 0.25) is 0 Å². The van der Waals surface area contributed by atoms with Crippen LogP contribution in [0.3, 0.4) is 0 Å². The van der Waals surface area contributed by atoms with Crippen molar-refractivity contribution in [3.8, 4) is 0 Å². The fraction of sp³-hybridized carbons (Fsp3) is 0.333. The average Bonchev–Trinajstić information content (AvgIpc) is 3.01. The van der Waals surface area contributed by atoms with Gasteiger partial charge in [0.25, 0.3) is 5.91 Å². The second-order valence-corrected chi connectivity index (χ2v) is 8.63. The van der Waals surface area contributed by atoms with Crippen molar-refractivity contribution < 1.29 is 18.0 Å². The van der Waals surface area contributed by atoms with E-state index in [4.69, 9.17) is 10.7 Å². The topological polar surface area (TPSA) is 71.2 Å². The lowest BCUT2D eigenvalue weighted by molar-refractivity contribution is -0.137. The van der Waals surface area contributed by atoms with E-state index in [1.54, 1.807) is 0 Å². The first-order chi connectivity index (χ1) is 14.1. The number of hydrogen-bond donors (Lipinski definition) is 2. The number of aromatic nitrogens is 1. The van der Waals surface area contributed by atoms with Gasteiger partial charge < -0.3 is 11.1 Å². The van der Waals surface area contributed by atoms with E-state index in [1.165, 1.54) is 23.5 Å². The highest BCUT2D eigenvalue weighted by atomic mass is 32.1. The first kappa shape index (κ1) is 20.6. The van der Waals surface area contributed by atoms with Crippen molar-refractivity contribution in [3.05, 3.63) is 52.0 Å². The molecule has 3 N–H and O–H groups in total. The Morgan fingerprint density at radius 3 is 2.60 bits per heavy atom. The van der Waals surface area contributed by atoms with Gasteiger partial charge in [0.15, 0.2) is 0 Å². The molecule has 4 rings (SSSR count). The van der Waals surface area contributed by atoms with Gasteiger partial charge in [-0.2, -0.15) is 13.2 Å². The normalized spacial score (nSPS) is 14.9. The third kappa shape index (κ3) is 3.87. The van der Waals surface area contributed by atoms with Crippen molar-refractivity contribution in [2.45, 2.75) is 39.0 Å². The van der Waals surface area contributed by atoms with E-state index in [9.17, 15) is 18.0 Å². The lowest BCUT2D eigenvalue weighted by Crippen LogP contribution is -2.36. The highest BCUT2D eigenvalue weighted by molar-refractivity contribution is 7.21. The molecule has 158 valence electrons. The molecule has 0 spiro atoms. The maximum absolute atomic E-state index is 12.7. The summed E-state index contributed by atoms with van der Waals surface area (Å²) in [5, 5.41) is 3.36. The summed E-state index contributed by atoms with van der Waals surface area (Å²) in [6, 6.07) is 6.75. The molecule has 0 atom stereocenters. The largest absolute Gasteiger partial charge is 0.416 e. The minimum Gasteiger partial charge on any atom is -0.397 e. The number of fused-ring (bicyclic) bond motifs is 2. The van der Waals surface area contributed by atoms with Gasteiger partial charge in [0.1, 0.15) is 9.71 Å². The van der Waals surface area contributed by atoms with Crippen LogP contribution in [0.1, 0.15) is 40.3 Å². The molecule has 9 heteroatoms. The van der Waals surface area contributed by atoms with Crippen LogP contribution in [0.2, 0.25) is 0 Å². The van der Waals surface area contributed by atoms with Gasteiger partial charge in [0, 0.05) is 42.3 Å². The summed E-state index contributed by atoms with van der Waals surface area (Å²) in [5.74, 6) is -0.461. The van der Waals surface area contributed by atoms with Gasteiger partial charge in [-0.3, -0.25) is 9.69 Å². The average molecular weight is 434 g/mol. The zero-order chi connectivity index (χ0) is 21.6. The first-order valence-electron chi connectivity index (χ1n) is 9.57. The van der Waals surface area contributed by atoms with E-state index >= 15 is 0 Å². The van der Waals surface area contributed by atoms with Crippen molar-refractivity contribution in [3.63, 3.8) is 0 Å². The van der Waals surface area contributed by atoms with E-state index in [2.05, 4.69) is 24.1 Å². The molecule has 2 aromatic heterocycles. The van der Waals surface area contributed by atoms with Crippen LogP contribution < -0.4 is 11.1 Å². The van der Waals surface area contributed by atoms with E-state index in [-0.39, 0.29) is 5.69 Å². The Kier molecular flexibility index (Phi) is 5.19. The molecule has 3 aromatic rings. The first-order valence-corrected chi connectivity index (χ1v) is 10.4. The molecular weight excluding hydrogens is 413 g/mol. The number of pyridine rings is 1. The molecule has 1 aliphatic heterocycles. The second kappa shape index (κ2) is 7.55. The predicted molar refractivity (Wildman–Crippen MR) is 113 cm³/mol. The summed E-state index contributed by atoms with van der Waals surface area (Å²) in [6.07, 6.45) is -3.58. The summed E-state index contributed by atoms with van der Waals surface area (Å²) in [5.41, 5.74) is 8.23. The lowest BCUT2D eigenvalue weighted by atomic mass is 10.0. The number of nitrogens with one attached hydrogen (secondary N) is 1. The number of halogens is 3. The van der Waals surface area contributed by atoms with Crippen molar-refractivity contribution in [2.24, 2.45) is 0 Å². The van der Waals surface area contributed by atoms with Crippen molar-refractivity contribution in [1.82, 2.24) is 9.88 Å². The molecule has 0 aliphatic carbocycles. The number of rotatable bonds is 3. The Morgan fingerprint density at radius 2 is 1.97 bits per heavy atom. The highest BCUT2D eigenvalue weighted by Gasteiger charge is 2.30. The van der Waals surface area contributed by atoms with Crippen LogP contribution >= 0.6 is 11.3 Å². The molecule has 0 radical (unpaired) electrons. The Balaban J connectivity index is 1.60. The number of carbonyl (C=O) groups excluding carboxylic acids is 1. The molecule has 1 amide bonds. The highest BCUT2D eigenvalue weighted by Crippen LogP contribution is 2.36. The van der Waals surface area contributed by atoms with Crippen molar-refractivity contribution in [2.75, 3.05) is 17.6 Å². The van der Waals surface area contributed by atoms with Crippen LogP contribution in [0, 0.1) is 0 Å². The number of nitrogens with zero attached hydrogens (tertiary/aromatic N) is 2.